The minimum atomic E-state index is -0.188. The predicted molar refractivity (Wildman–Crippen MR) is 83.2 cm³/mol. The fourth-order valence-electron chi connectivity index (χ4n) is 1.86. The largest absolute Gasteiger partial charge is 0.497 e. The summed E-state index contributed by atoms with van der Waals surface area (Å²) in [4.78, 5) is 12.3. The number of amides is 1. The maximum absolute atomic E-state index is 12.3. The van der Waals surface area contributed by atoms with E-state index in [1.807, 2.05) is 19.1 Å². The summed E-state index contributed by atoms with van der Waals surface area (Å²) in [6, 6.07) is 14.4. The number of hydrogen-bond acceptors (Lipinski definition) is 3. The number of methoxy groups -OCH3 is 1. The minimum Gasteiger partial charge on any atom is -0.497 e. The third-order valence-electron chi connectivity index (χ3n) is 2.94. The lowest BCUT2D eigenvalue weighted by Crippen LogP contribution is -2.13. The van der Waals surface area contributed by atoms with Gasteiger partial charge < -0.3 is 14.8 Å². The van der Waals surface area contributed by atoms with Gasteiger partial charge in [-0.1, -0.05) is 19.1 Å². The van der Waals surface area contributed by atoms with Gasteiger partial charge in [-0.3, -0.25) is 4.79 Å². The molecule has 0 aliphatic heterocycles. The van der Waals surface area contributed by atoms with E-state index in [1.165, 1.54) is 0 Å². The Kier molecular flexibility index (Phi) is 5.21. The Morgan fingerprint density at radius 3 is 2.48 bits per heavy atom. The maximum atomic E-state index is 12.3. The van der Waals surface area contributed by atoms with Gasteiger partial charge in [0.05, 0.1) is 19.3 Å². The van der Waals surface area contributed by atoms with Crippen molar-refractivity contribution < 1.29 is 14.3 Å². The van der Waals surface area contributed by atoms with Crippen molar-refractivity contribution in [2.75, 3.05) is 19.0 Å². The van der Waals surface area contributed by atoms with Crippen LogP contribution < -0.4 is 14.8 Å². The Morgan fingerprint density at radius 2 is 1.81 bits per heavy atom. The van der Waals surface area contributed by atoms with Crippen LogP contribution in [0.5, 0.6) is 11.5 Å². The molecule has 0 radical (unpaired) electrons. The highest BCUT2D eigenvalue weighted by atomic mass is 16.5. The molecule has 2 aromatic carbocycles. The number of para-hydroxylation sites is 1. The third kappa shape index (κ3) is 3.99. The van der Waals surface area contributed by atoms with Crippen molar-refractivity contribution in [3.63, 3.8) is 0 Å². The zero-order valence-electron chi connectivity index (χ0n) is 12.3. The van der Waals surface area contributed by atoms with Crippen molar-refractivity contribution in [1.29, 1.82) is 0 Å². The SMILES string of the molecule is CCCOc1ccccc1C(=O)Nc1ccc(OC)cc1. The van der Waals surface area contributed by atoms with Gasteiger partial charge in [-0.15, -0.1) is 0 Å². The zero-order chi connectivity index (χ0) is 15.1. The van der Waals surface area contributed by atoms with Crippen LogP contribution >= 0.6 is 0 Å². The van der Waals surface area contributed by atoms with Gasteiger partial charge in [0.25, 0.3) is 5.91 Å². The summed E-state index contributed by atoms with van der Waals surface area (Å²) in [5, 5.41) is 2.85. The lowest BCUT2D eigenvalue weighted by atomic mass is 10.2. The molecule has 0 heterocycles. The highest BCUT2D eigenvalue weighted by molar-refractivity contribution is 6.06. The average Bonchev–Trinajstić information content (AvgIpc) is 2.54. The normalized spacial score (nSPS) is 10.0. The molecule has 0 bridgehead atoms. The molecule has 0 aromatic heterocycles. The first-order chi connectivity index (χ1) is 10.2. The molecule has 2 aromatic rings. The summed E-state index contributed by atoms with van der Waals surface area (Å²) in [6.45, 7) is 2.62. The van der Waals surface area contributed by atoms with Crippen LogP contribution in [0.25, 0.3) is 0 Å². The van der Waals surface area contributed by atoms with Crippen LogP contribution in [-0.4, -0.2) is 19.6 Å². The van der Waals surface area contributed by atoms with Gasteiger partial charge in [0, 0.05) is 5.69 Å². The van der Waals surface area contributed by atoms with Crippen molar-refractivity contribution in [3.8, 4) is 11.5 Å². The molecule has 0 spiro atoms. The minimum absolute atomic E-state index is 0.188. The maximum Gasteiger partial charge on any atom is 0.259 e. The van der Waals surface area contributed by atoms with Gasteiger partial charge in [0.15, 0.2) is 0 Å². The van der Waals surface area contributed by atoms with E-state index in [-0.39, 0.29) is 5.91 Å². The van der Waals surface area contributed by atoms with Crippen LogP contribution in [0, 0.1) is 0 Å². The van der Waals surface area contributed by atoms with Crippen LogP contribution in [0.1, 0.15) is 23.7 Å². The van der Waals surface area contributed by atoms with Crippen LogP contribution in [0.3, 0.4) is 0 Å². The molecule has 0 atom stereocenters. The van der Waals surface area contributed by atoms with Crippen molar-refractivity contribution in [2.24, 2.45) is 0 Å². The van der Waals surface area contributed by atoms with E-state index >= 15 is 0 Å². The molecular formula is C17H19NO3. The van der Waals surface area contributed by atoms with Gasteiger partial charge in [-0.2, -0.15) is 0 Å². The number of benzene rings is 2. The van der Waals surface area contributed by atoms with E-state index in [0.717, 1.165) is 12.2 Å². The molecule has 21 heavy (non-hydrogen) atoms. The Hall–Kier alpha value is -2.49. The molecule has 1 amide bonds. The summed E-state index contributed by atoms with van der Waals surface area (Å²) in [7, 11) is 1.61. The van der Waals surface area contributed by atoms with Crippen molar-refractivity contribution in [3.05, 3.63) is 54.1 Å². The van der Waals surface area contributed by atoms with Gasteiger partial charge in [-0.25, -0.2) is 0 Å². The zero-order valence-corrected chi connectivity index (χ0v) is 12.3. The molecule has 0 unspecified atom stereocenters. The summed E-state index contributed by atoms with van der Waals surface area (Å²) >= 11 is 0. The number of carbonyl (C=O) groups excluding carboxylic acids is 1. The molecule has 4 heteroatoms. The Balaban J connectivity index is 2.12. The highest BCUT2D eigenvalue weighted by Gasteiger charge is 2.12. The second kappa shape index (κ2) is 7.33. The van der Waals surface area contributed by atoms with Gasteiger partial charge in [0.2, 0.25) is 0 Å². The van der Waals surface area contributed by atoms with E-state index in [0.29, 0.717) is 23.6 Å². The van der Waals surface area contributed by atoms with E-state index in [2.05, 4.69) is 5.32 Å². The fourth-order valence-corrected chi connectivity index (χ4v) is 1.86. The van der Waals surface area contributed by atoms with Gasteiger partial charge >= 0.3 is 0 Å². The Bertz CT molecular complexity index is 593. The smallest absolute Gasteiger partial charge is 0.259 e. The molecule has 0 saturated heterocycles. The molecule has 4 nitrogen and oxygen atoms in total. The molecule has 0 aliphatic carbocycles. The second-order valence-corrected chi connectivity index (χ2v) is 4.53. The first kappa shape index (κ1) is 14.9. The van der Waals surface area contributed by atoms with E-state index in [4.69, 9.17) is 9.47 Å². The molecular weight excluding hydrogens is 266 g/mol. The summed E-state index contributed by atoms with van der Waals surface area (Å²) in [5.41, 5.74) is 1.24. The standard InChI is InChI=1S/C17H19NO3/c1-3-12-21-16-7-5-4-6-15(16)17(19)18-13-8-10-14(20-2)11-9-13/h4-11H,3,12H2,1-2H3,(H,18,19). The molecule has 1 N–H and O–H groups in total. The molecule has 0 saturated carbocycles. The fraction of sp³-hybridized carbons (Fsp3) is 0.235. The summed E-state index contributed by atoms with van der Waals surface area (Å²) in [6.07, 6.45) is 0.897. The third-order valence-corrected chi connectivity index (χ3v) is 2.94. The van der Waals surface area contributed by atoms with E-state index in [9.17, 15) is 4.79 Å². The second-order valence-electron chi connectivity index (χ2n) is 4.53. The van der Waals surface area contributed by atoms with Crippen molar-refractivity contribution >= 4 is 11.6 Å². The monoisotopic (exact) mass is 285 g/mol. The lowest BCUT2D eigenvalue weighted by Gasteiger charge is -2.11. The van der Waals surface area contributed by atoms with Crippen LogP contribution in [0.4, 0.5) is 5.69 Å². The summed E-state index contributed by atoms with van der Waals surface area (Å²) < 4.78 is 10.7. The first-order valence-electron chi connectivity index (χ1n) is 6.92. The lowest BCUT2D eigenvalue weighted by molar-refractivity contribution is 0.102. The van der Waals surface area contributed by atoms with Crippen molar-refractivity contribution in [1.82, 2.24) is 0 Å². The number of hydrogen-bond donors (Lipinski definition) is 1. The first-order valence-corrected chi connectivity index (χ1v) is 6.92. The Morgan fingerprint density at radius 1 is 1.10 bits per heavy atom. The van der Waals surface area contributed by atoms with E-state index < -0.39 is 0 Å². The highest BCUT2D eigenvalue weighted by Crippen LogP contribution is 2.21. The Labute approximate surface area is 124 Å². The number of ether oxygens (including phenoxy) is 2. The quantitative estimate of drug-likeness (QED) is 0.879. The number of carbonyl (C=O) groups is 1. The topological polar surface area (TPSA) is 47.6 Å². The number of nitrogens with one attached hydrogen (secondary N) is 1. The van der Waals surface area contributed by atoms with Crippen LogP contribution in [-0.2, 0) is 0 Å². The van der Waals surface area contributed by atoms with E-state index in [1.54, 1.807) is 43.5 Å². The molecule has 2 rings (SSSR count). The molecule has 110 valence electrons. The van der Waals surface area contributed by atoms with Crippen LogP contribution in [0.2, 0.25) is 0 Å². The van der Waals surface area contributed by atoms with Crippen molar-refractivity contribution in [2.45, 2.75) is 13.3 Å². The molecule has 0 fully saturated rings. The molecule has 0 aliphatic rings. The average molecular weight is 285 g/mol. The van der Waals surface area contributed by atoms with Crippen LogP contribution in [0.15, 0.2) is 48.5 Å². The summed E-state index contributed by atoms with van der Waals surface area (Å²) in [5.74, 6) is 1.16. The van der Waals surface area contributed by atoms with Gasteiger partial charge in [-0.05, 0) is 42.8 Å². The predicted octanol–water partition coefficient (Wildman–Crippen LogP) is 3.74. The number of anilines is 1. The van der Waals surface area contributed by atoms with Gasteiger partial charge in [0.1, 0.15) is 11.5 Å². The number of rotatable bonds is 6.